The molecule has 0 saturated heterocycles. The van der Waals surface area contributed by atoms with Gasteiger partial charge in [-0.05, 0) is 82.4 Å². The molecule has 0 N–H and O–H groups in total. The van der Waals surface area contributed by atoms with Crippen LogP contribution in [0.15, 0.2) is 197 Å². The Morgan fingerprint density at radius 2 is 0.863 bits per heavy atom. The van der Waals surface area contributed by atoms with Crippen molar-refractivity contribution in [3.63, 3.8) is 0 Å². The summed E-state index contributed by atoms with van der Waals surface area (Å²) in [6.45, 7) is 0. The van der Waals surface area contributed by atoms with Crippen molar-refractivity contribution >= 4 is 60.9 Å². The molecule has 0 saturated carbocycles. The molecular weight excluding hydrogens is 623 g/mol. The molecule has 0 fully saturated rings. The van der Waals surface area contributed by atoms with E-state index in [1.165, 1.54) is 11.1 Å². The van der Waals surface area contributed by atoms with Crippen LogP contribution in [0.25, 0.3) is 77.3 Å². The molecule has 0 bridgehead atoms. The van der Waals surface area contributed by atoms with Crippen LogP contribution in [0.2, 0.25) is 0 Å². The molecule has 3 heteroatoms. The van der Waals surface area contributed by atoms with E-state index in [-0.39, 0.29) is 0 Å². The van der Waals surface area contributed by atoms with Crippen LogP contribution in [0.5, 0.6) is 0 Å². The summed E-state index contributed by atoms with van der Waals surface area (Å²) in [5.74, 6) is 0. The second-order valence-corrected chi connectivity index (χ2v) is 12.9. The molecule has 0 aliphatic heterocycles. The molecule has 0 aliphatic rings. The van der Waals surface area contributed by atoms with E-state index < -0.39 is 0 Å². The first-order valence-corrected chi connectivity index (χ1v) is 17.3. The SMILES string of the molecule is c1ccc(-c2ccc(-c3ccccc3N(c3cccc(-c4ccc5c(c4)oc4ccccc45)c3)c3cccc4oc5ccccc5c34)cc2)cc1. The molecule has 0 atom stereocenters. The maximum absolute atomic E-state index is 6.41. The predicted molar refractivity (Wildman–Crippen MR) is 212 cm³/mol. The molecule has 3 nitrogen and oxygen atoms in total. The van der Waals surface area contributed by atoms with E-state index in [1.807, 2.05) is 24.3 Å². The summed E-state index contributed by atoms with van der Waals surface area (Å²) in [4.78, 5) is 2.38. The van der Waals surface area contributed by atoms with E-state index in [0.29, 0.717) is 0 Å². The number of hydrogen-bond donors (Lipinski definition) is 0. The third kappa shape index (κ3) is 4.98. The molecule has 51 heavy (non-hydrogen) atoms. The number of benzene rings is 8. The number of furan rings is 2. The summed E-state index contributed by atoms with van der Waals surface area (Å²) < 4.78 is 12.7. The number of para-hydroxylation sites is 3. The van der Waals surface area contributed by atoms with Crippen molar-refractivity contribution in [1.82, 2.24) is 0 Å². The van der Waals surface area contributed by atoms with Gasteiger partial charge >= 0.3 is 0 Å². The van der Waals surface area contributed by atoms with Gasteiger partial charge in [-0.25, -0.2) is 0 Å². The van der Waals surface area contributed by atoms with Gasteiger partial charge in [-0.3, -0.25) is 0 Å². The number of fused-ring (bicyclic) bond motifs is 6. The van der Waals surface area contributed by atoms with Crippen LogP contribution in [-0.2, 0) is 0 Å². The fourth-order valence-electron chi connectivity index (χ4n) is 7.47. The summed E-state index contributed by atoms with van der Waals surface area (Å²) in [6.07, 6.45) is 0. The summed E-state index contributed by atoms with van der Waals surface area (Å²) in [5.41, 5.74) is 13.6. The molecule has 0 radical (unpaired) electrons. The molecule has 0 amide bonds. The highest BCUT2D eigenvalue weighted by atomic mass is 16.3. The summed E-state index contributed by atoms with van der Waals surface area (Å²) in [5, 5.41) is 4.42. The molecule has 10 aromatic rings. The minimum Gasteiger partial charge on any atom is -0.456 e. The van der Waals surface area contributed by atoms with E-state index in [1.54, 1.807) is 0 Å². The molecule has 2 heterocycles. The smallest absolute Gasteiger partial charge is 0.137 e. The van der Waals surface area contributed by atoms with Gasteiger partial charge in [0.05, 0.1) is 16.8 Å². The van der Waals surface area contributed by atoms with Gasteiger partial charge in [-0.2, -0.15) is 0 Å². The van der Waals surface area contributed by atoms with Crippen molar-refractivity contribution in [1.29, 1.82) is 0 Å². The molecule has 240 valence electrons. The predicted octanol–water partition coefficient (Wildman–Crippen LogP) is 14.0. The number of anilines is 3. The minimum atomic E-state index is 0.856. The van der Waals surface area contributed by atoms with Gasteiger partial charge in [0.1, 0.15) is 22.3 Å². The van der Waals surface area contributed by atoms with Crippen molar-refractivity contribution in [2.75, 3.05) is 4.90 Å². The van der Waals surface area contributed by atoms with Crippen molar-refractivity contribution in [3.8, 4) is 33.4 Å². The lowest BCUT2D eigenvalue weighted by molar-refractivity contribution is 0.668. The van der Waals surface area contributed by atoms with Crippen LogP contribution >= 0.6 is 0 Å². The Hall–Kier alpha value is -6.84. The van der Waals surface area contributed by atoms with Gasteiger partial charge in [0.15, 0.2) is 0 Å². The Balaban J connectivity index is 1.17. The number of hydrogen-bond acceptors (Lipinski definition) is 3. The summed E-state index contributed by atoms with van der Waals surface area (Å²) in [7, 11) is 0. The normalized spacial score (nSPS) is 11.5. The van der Waals surface area contributed by atoms with Gasteiger partial charge in [-0.1, -0.05) is 133 Å². The van der Waals surface area contributed by atoms with Crippen LogP contribution in [0.3, 0.4) is 0 Å². The van der Waals surface area contributed by atoms with Crippen molar-refractivity contribution in [2.24, 2.45) is 0 Å². The monoisotopic (exact) mass is 653 g/mol. The zero-order chi connectivity index (χ0) is 33.7. The highest BCUT2D eigenvalue weighted by Gasteiger charge is 2.22. The van der Waals surface area contributed by atoms with E-state index in [9.17, 15) is 0 Å². The Morgan fingerprint density at radius 1 is 0.314 bits per heavy atom. The summed E-state index contributed by atoms with van der Waals surface area (Å²) >= 11 is 0. The van der Waals surface area contributed by atoms with E-state index in [2.05, 4.69) is 169 Å². The molecule has 10 rings (SSSR count). The fraction of sp³-hybridized carbons (Fsp3) is 0. The van der Waals surface area contributed by atoms with Gasteiger partial charge in [-0.15, -0.1) is 0 Å². The van der Waals surface area contributed by atoms with E-state index in [4.69, 9.17) is 8.83 Å². The van der Waals surface area contributed by atoms with Crippen LogP contribution < -0.4 is 4.90 Å². The topological polar surface area (TPSA) is 29.5 Å². The second kappa shape index (κ2) is 11.9. The minimum absolute atomic E-state index is 0.856. The molecule has 0 unspecified atom stereocenters. The van der Waals surface area contributed by atoms with Crippen molar-refractivity contribution < 1.29 is 8.83 Å². The van der Waals surface area contributed by atoms with Crippen LogP contribution in [-0.4, -0.2) is 0 Å². The molecule has 2 aromatic heterocycles. The maximum atomic E-state index is 6.41. The zero-order valence-corrected chi connectivity index (χ0v) is 27.7. The molecule has 0 aliphatic carbocycles. The largest absolute Gasteiger partial charge is 0.456 e. The Labute approximate surface area is 295 Å². The molecule has 8 aromatic carbocycles. The van der Waals surface area contributed by atoms with Gasteiger partial charge in [0.2, 0.25) is 0 Å². The number of rotatable bonds is 6. The Kier molecular flexibility index (Phi) is 6.81. The average Bonchev–Trinajstić information content (AvgIpc) is 3.77. The van der Waals surface area contributed by atoms with Crippen LogP contribution in [0, 0.1) is 0 Å². The zero-order valence-electron chi connectivity index (χ0n) is 27.7. The third-order valence-corrected chi connectivity index (χ3v) is 9.89. The second-order valence-electron chi connectivity index (χ2n) is 12.9. The van der Waals surface area contributed by atoms with Gasteiger partial charge in [0, 0.05) is 27.4 Å². The number of nitrogens with zero attached hydrogens (tertiary/aromatic N) is 1. The molecular formula is C48H31NO2. The highest BCUT2D eigenvalue weighted by Crippen LogP contribution is 2.46. The Bertz CT molecular complexity index is 2860. The standard InChI is InChI=1S/C48H31NO2/c1-2-12-32(13-3-1)33-24-26-34(27-25-33)38-16-4-7-19-42(38)49(43-20-11-23-46-48(43)41-18-6-9-22-45(41)50-46)37-15-10-14-35(30-37)36-28-29-40-39-17-5-8-21-44(39)51-47(40)31-36/h1-31H. The van der Waals surface area contributed by atoms with Crippen molar-refractivity contribution in [3.05, 3.63) is 188 Å². The lowest BCUT2D eigenvalue weighted by atomic mass is 9.97. The maximum Gasteiger partial charge on any atom is 0.137 e. The van der Waals surface area contributed by atoms with Crippen LogP contribution in [0.4, 0.5) is 17.1 Å². The quantitative estimate of drug-likeness (QED) is 0.179. The van der Waals surface area contributed by atoms with E-state index >= 15 is 0 Å². The van der Waals surface area contributed by atoms with Gasteiger partial charge in [0.25, 0.3) is 0 Å². The van der Waals surface area contributed by atoms with E-state index in [0.717, 1.165) is 83.2 Å². The first-order valence-electron chi connectivity index (χ1n) is 17.3. The third-order valence-electron chi connectivity index (χ3n) is 9.89. The fourth-order valence-corrected chi connectivity index (χ4v) is 7.47. The van der Waals surface area contributed by atoms with Gasteiger partial charge < -0.3 is 13.7 Å². The van der Waals surface area contributed by atoms with Crippen LogP contribution in [0.1, 0.15) is 0 Å². The average molecular weight is 654 g/mol. The van der Waals surface area contributed by atoms with Crippen molar-refractivity contribution in [2.45, 2.75) is 0 Å². The lowest BCUT2D eigenvalue weighted by Crippen LogP contribution is -2.11. The Morgan fingerprint density at radius 3 is 1.73 bits per heavy atom. The molecule has 0 spiro atoms. The summed E-state index contributed by atoms with van der Waals surface area (Å²) in [6, 6.07) is 66.3. The highest BCUT2D eigenvalue weighted by molar-refractivity contribution is 6.14. The lowest BCUT2D eigenvalue weighted by Gasteiger charge is -2.29. The first-order chi connectivity index (χ1) is 25.3. The first kappa shape index (κ1) is 29.1.